The van der Waals surface area contributed by atoms with Crippen LogP contribution in [0.25, 0.3) is 0 Å². The molecule has 1 amide bonds. The Morgan fingerprint density at radius 1 is 1.21 bits per heavy atom. The Morgan fingerprint density at radius 2 is 2.12 bits per heavy atom. The van der Waals surface area contributed by atoms with E-state index in [1.54, 1.807) is 6.20 Å². The third kappa shape index (κ3) is 4.54. The number of nitrogens with two attached hydrogens (primary N) is 1. The molecule has 0 bridgehead atoms. The summed E-state index contributed by atoms with van der Waals surface area (Å²) >= 11 is 0. The van der Waals surface area contributed by atoms with Crippen LogP contribution >= 0.6 is 0 Å². The first-order valence-corrected chi connectivity index (χ1v) is 9.39. The lowest BCUT2D eigenvalue weighted by Crippen LogP contribution is -2.42. The lowest BCUT2D eigenvalue weighted by atomic mass is 9.98. The lowest BCUT2D eigenvalue weighted by molar-refractivity contribution is -0.135. The van der Waals surface area contributed by atoms with Gasteiger partial charge in [0.05, 0.1) is 12.2 Å². The van der Waals surface area contributed by atoms with E-state index in [-0.39, 0.29) is 11.9 Å². The second-order valence-electron chi connectivity index (χ2n) is 7.24. The molecule has 1 saturated heterocycles. The molecule has 1 aliphatic heterocycles. The van der Waals surface area contributed by atoms with Gasteiger partial charge in [-0.05, 0) is 63.2 Å². The number of nitrogens with zero attached hydrogens (tertiary/aromatic N) is 2. The molecule has 2 heterocycles. The Bertz CT molecular complexity index is 513. The van der Waals surface area contributed by atoms with Crippen LogP contribution in [0.15, 0.2) is 24.4 Å². The lowest BCUT2D eigenvalue weighted by Gasteiger charge is -2.32. The summed E-state index contributed by atoms with van der Waals surface area (Å²) in [6.07, 6.45) is 8.93. The highest BCUT2D eigenvalue weighted by molar-refractivity contribution is 5.77. The van der Waals surface area contributed by atoms with Gasteiger partial charge < -0.3 is 16.0 Å². The summed E-state index contributed by atoms with van der Waals surface area (Å²) in [4.78, 5) is 19.6. The highest BCUT2D eigenvalue weighted by Crippen LogP contribution is 2.28. The summed E-state index contributed by atoms with van der Waals surface area (Å²) in [5.41, 5.74) is 7.16. The van der Waals surface area contributed by atoms with Crippen molar-refractivity contribution in [2.24, 2.45) is 11.7 Å². The maximum absolute atomic E-state index is 13.1. The van der Waals surface area contributed by atoms with Crippen LogP contribution in [-0.4, -0.2) is 41.0 Å². The summed E-state index contributed by atoms with van der Waals surface area (Å²) in [5, 5.41) is 3.44. The van der Waals surface area contributed by atoms with Gasteiger partial charge >= 0.3 is 0 Å². The molecule has 5 nitrogen and oxygen atoms in total. The Morgan fingerprint density at radius 3 is 2.88 bits per heavy atom. The summed E-state index contributed by atoms with van der Waals surface area (Å²) in [6.45, 7) is 2.65. The van der Waals surface area contributed by atoms with Crippen molar-refractivity contribution in [2.75, 3.05) is 13.1 Å². The van der Waals surface area contributed by atoms with Crippen molar-refractivity contribution < 1.29 is 4.79 Å². The SMILES string of the molecule is N[C@@H]1CCC[C@H]1CC(=O)N(Cc1ccccn1)C1CCCNCC1. The average molecular weight is 330 g/mol. The summed E-state index contributed by atoms with van der Waals surface area (Å²) < 4.78 is 0. The predicted octanol–water partition coefficient (Wildman–Crippen LogP) is 2.07. The van der Waals surface area contributed by atoms with Crippen LogP contribution in [0.2, 0.25) is 0 Å². The number of hydrogen-bond acceptors (Lipinski definition) is 4. The average Bonchev–Trinajstić information content (AvgIpc) is 2.85. The van der Waals surface area contributed by atoms with Gasteiger partial charge in [-0.2, -0.15) is 0 Å². The molecular formula is C19H30N4O. The molecule has 2 aliphatic rings. The van der Waals surface area contributed by atoms with Crippen molar-refractivity contribution in [3.05, 3.63) is 30.1 Å². The second kappa shape index (κ2) is 8.58. The van der Waals surface area contributed by atoms with E-state index < -0.39 is 0 Å². The zero-order chi connectivity index (χ0) is 16.8. The zero-order valence-corrected chi connectivity index (χ0v) is 14.5. The van der Waals surface area contributed by atoms with Gasteiger partial charge in [0.2, 0.25) is 5.91 Å². The van der Waals surface area contributed by atoms with Gasteiger partial charge in [0.25, 0.3) is 0 Å². The molecule has 1 unspecified atom stereocenters. The predicted molar refractivity (Wildman–Crippen MR) is 95.2 cm³/mol. The fourth-order valence-electron chi connectivity index (χ4n) is 4.06. The Hall–Kier alpha value is -1.46. The molecule has 3 N–H and O–H groups in total. The maximum Gasteiger partial charge on any atom is 0.223 e. The number of amides is 1. The topological polar surface area (TPSA) is 71.2 Å². The van der Waals surface area contributed by atoms with Gasteiger partial charge in [0.1, 0.15) is 0 Å². The Labute approximate surface area is 145 Å². The van der Waals surface area contributed by atoms with Crippen molar-refractivity contribution in [1.82, 2.24) is 15.2 Å². The number of aromatic nitrogens is 1. The highest BCUT2D eigenvalue weighted by atomic mass is 16.2. The normalized spacial score (nSPS) is 27.6. The van der Waals surface area contributed by atoms with Crippen LogP contribution in [0.1, 0.15) is 50.6 Å². The molecule has 1 aromatic heterocycles. The first-order valence-electron chi connectivity index (χ1n) is 9.39. The second-order valence-corrected chi connectivity index (χ2v) is 7.24. The molecule has 1 aliphatic carbocycles. The van der Waals surface area contributed by atoms with Crippen LogP contribution in [0.5, 0.6) is 0 Å². The van der Waals surface area contributed by atoms with Crippen LogP contribution < -0.4 is 11.1 Å². The third-order valence-corrected chi connectivity index (χ3v) is 5.52. The molecule has 3 rings (SSSR count). The zero-order valence-electron chi connectivity index (χ0n) is 14.5. The monoisotopic (exact) mass is 330 g/mol. The van der Waals surface area contributed by atoms with Gasteiger partial charge in [-0.3, -0.25) is 9.78 Å². The van der Waals surface area contributed by atoms with E-state index in [9.17, 15) is 4.79 Å². The fourth-order valence-corrected chi connectivity index (χ4v) is 4.06. The van der Waals surface area contributed by atoms with Gasteiger partial charge in [-0.1, -0.05) is 12.5 Å². The molecule has 0 spiro atoms. The minimum atomic E-state index is 0.196. The van der Waals surface area contributed by atoms with Gasteiger partial charge in [-0.15, -0.1) is 0 Å². The van der Waals surface area contributed by atoms with E-state index in [0.29, 0.717) is 24.9 Å². The standard InChI is InChI=1S/C19H30N4O/c20-18-8-3-5-15(18)13-19(24)23(14-16-6-1-2-11-22-16)17-7-4-10-21-12-9-17/h1-2,6,11,15,17-18,21H,3-5,7-10,12-14,20H2/t15-,17?,18+/m0/s1. The van der Waals surface area contributed by atoms with E-state index in [0.717, 1.165) is 57.3 Å². The smallest absolute Gasteiger partial charge is 0.223 e. The summed E-state index contributed by atoms with van der Waals surface area (Å²) in [5.74, 6) is 0.613. The van der Waals surface area contributed by atoms with E-state index in [2.05, 4.69) is 15.2 Å². The molecule has 1 saturated carbocycles. The molecule has 2 fully saturated rings. The number of hydrogen-bond donors (Lipinski definition) is 2. The molecule has 1 aromatic rings. The fraction of sp³-hybridized carbons (Fsp3) is 0.684. The molecule has 24 heavy (non-hydrogen) atoms. The van der Waals surface area contributed by atoms with Gasteiger partial charge in [0, 0.05) is 24.7 Å². The Kier molecular flexibility index (Phi) is 6.21. The highest BCUT2D eigenvalue weighted by Gasteiger charge is 2.31. The van der Waals surface area contributed by atoms with Gasteiger partial charge in [-0.25, -0.2) is 0 Å². The molecule has 132 valence electrons. The van der Waals surface area contributed by atoms with Crippen molar-refractivity contribution in [3.63, 3.8) is 0 Å². The quantitative estimate of drug-likeness (QED) is 0.867. The van der Waals surface area contributed by atoms with Crippen LogP contribution in [0.3, 0.4) is 0 Å². The third-order valence-electron chi connectivity index (χ3n) is 5.52. The summed E-state index contributed by atoms with van der Waals surface area (Å²) in [7, 11) is 0. The minimum absolute atomic E-state index is 0.196. The van der Waals surface area contributed by atoms with E-state index >= 15 is 0 Å². The van der Waals surface area contributed by atoms with Gasteiger partial charge in [0.15, 0.2) is 0 Å². The number of carbonyl (C=O) groups is 1. The van der Waals surface area contributed by atoms with Crippen molar-refractivity contribution in [1.29, 1.82) is 0 Å². The molecule has 0 radical (unpaired) electrons. The minimum Gasteiger partial charge on any atom is -0.334 e. The van der Waals surface area contributed by atoms with Crippen LogP contribution in [0, 0.1) is 5.92 Å². The molecule has 0 aromatic carbocycles. The van der Waals surface area contributed by atoms with Crippen LogP contribution in [0.4, 0.5) is 0 Å². The number of nitrogens with one attached hydrogen (secondary N) is 1. The van der Waals surface area contributed by atoms with Crippen molar-refractivity contribution >= 4 is 5.91 Å². The largest absolute Gasteiger partial charge is 0.334 e. The molecule has 3 atom stereocenters. The number of carbonyl (C=O) groups excluding carboxylic acids is 1. The van der Waals surface area contributed by atoms with Crippen molar-refractivity contribution in [3.8, 4) is 0 Å². The number of rotatable bonds is 5. The van der Waals surface area contributed by atoms with E-state index in [1.807, 2.05) is 18.2 Å². The maximum atomic E-state index is 13.1. The first kappa shape index (κ1) is 17.4. The van der Waals surface area contributed by atoms with E-state index in [4.69, 9.17) is 5.73 Å². The first-order chi connectivity index (χ1) is 11.7. The van der Waals surface area contributed by atoms with Crippen molar-refractivity contribution in [2.45, 2.75) is 63.6 Å². The number of pyridine rings is 1. The summed E-state index contributed by atoms with van der Waals surface area (Å²) in [6, 6.07) is 6.43. The van der Waals surface area contributed by atoms with Crippen LogP contribution in [-0.2, 0) is 11.3 Å². The Balaban J connectivity index is 1.71. The molecule has 5 heteroatoms. The van der Waals surface area contributed by atoms with E-state index in [1.165, 1.54) is 0 Å². The molecular weight excluding hydrogens is 300 g/mol.